The SMILES string of the molecule is NCCCCCCCCOc1ccc(Cl)cc1. The van der Waals surface area contributed by atoms with Gasteiger partial charge in [-0.05, 0) is 43.7 Å². The van der Waals surface area contributed by atoms with E-state index in [0.717, 1.165) is 36.8 Å². The Bertz CT molecular complexity index is 287. The Labute approximate surface area is 109 Å². The summed E-state index contributed by atoms with van der Waals surface area (Å²) < 4.78 is 5.61. The first-order chi connectivity index (χ1) is 8.33. The quantitative estimate of drug-likeness (QED) is 0.677. The van der Waals surface area contributed by atoms with E-state index >= 15 is 0 Å². The molecule has 1 aromatic carbocycles. The third-order valence-electron chi connectivity index (χ3n) is 2.68. The van der Waals surface area contributed by atoms with Crippen LogP contribution < -0.4 is 10.5 Å². The molecule has 1 rings (SSSR count). The molecule has 0 radical (unpaired) electrons. The van der Waals surface area contributed by atoms with Crippen LogP contribution in [-0.4, -0.2) is 13.2 Å². The summed E-state index contributed by atoms with van der Waals surface area (Å²) in [7, 11) is 0. The molecule has 17 heavy (non-hydrogen) atoms. The average Bonchev–Trinajstić information content (AvgIpc) is 2.35. The lowest BCUT2D eigenvalue weighted by Gasteiger charge is -2.06. The zero-order valence-corrected chi connectivity index (χ0v) is 11.1. The zero-order valence-electron chi connectivity index (χ0n) is 10.3. The van der Waals surface area contributed by atoms with Gasteiger partial charge in [0.05, 0.1) is 6.61 Å². The summed E-state index contributed by atoms with van der Waals surface area (Å²) in [6.45, 7) is 1.61. The molecule has 0 aromatic heterocycles. The fourth-order valence-electron chi connectivity index (χ4n) is 1.67. The summed E-state index contributed by atoms with van der Waals surface area (Å²) in [6.07, 6.45) is 7.33. The van der Waals surface area contributed by atoms with Crippen LogP contribution in [0.5, 0.6) is 5.75 Å². The fourth-order valence-corrected chi connectivity index (χ4v) is 1.80. The number of ether oxygens (including phenoxy) is 1. The van der Waals surface area contributed by atoms with Gasteiger partial charge in [-0.1, -0.05) is 37.3 Å². The molecular weight excluding hydrogens is 234 g/mol. The molecule has 1 aromatic rings. The monoisotopic (exact) mass is 255 g/mol. The standard InChI is InChI=1S/C14H22ClNO/c15-13-7-9-14(10-8-13)17-12-6-4-2-1-3-5-11-16/h7-10H,1-6,11-12,16H2. The van der Waals surface area contributed by atoms with E-state index in [2.05, 4.69) is 0 Å². The third-order valence-corrected chi connectivity index (χ3v) is 2.93. The minimum atomic E-state index is 0.747. The molecule has 0 fully saturated rings. The Morgan fingerprint density at radius 3 is 2.12 bits per heavy atom. The van der Waals surface area contributed by atoms with Crippen molar-refractivity contribution >= 4 is 11.6 Å². The summed E-state index contributed by atoms with van der Waals surface area (Å²) >= 11 is 5.79. The van der Waals surface area contributed by atoms with E-state index < -0.39 is 0 Å². The summed E-state index contributed by atoms with van der Waals surface area (Å²) in [4.78, 5) is 0. The van der Waals surface area contributed by atoms with E-state index in [1.54, 1.807) is 0 Å². The molecule has 3 heteroatoms. The first-order valence-electron chi connectivity index (χ1n) is 6.41. The minimum Gasteiger partial charge on any atom is -0.494 e. The fraction of sp³-hybridized carbons (Fsp3) is 0.571. The predicted molar refractivity (Wildman–Crippen MR) is 73.7 cm³/mol. The highest BCUT2D eigenvalue weighted by Crippen LogP contribution is 2.16. The van der Waals surface area contributed by atoms with E-state index in [9.17, 15) is 0 Å². The normalized spacial score (nSPS) is 10.5. The Morgan fingerprint density at radius 2 is 1.47 bits per heavy atom. The number of halogens is 1. The molecule has 0 bridgehead atoms. The Kier molecular flexibility index (Phi) is 7.85. The number of benzene rings is 1. The highest BCUT2D eigenvalue weighted by atomic mass is 35.5. The molecule has 0 aliphatic rings. The van der Waals surface area contributed by atoms with Gasteiger partial charge in [0.25, 0.3) is 0 Å². The predicted octanol–water partition coefficient (Wildman–Crippen LogP) is 4.02. The van der Waals surface area contributed by atoms with Gasteiger partial charge in [0.2, 0.25) is 0 Å². The second-order valence-corrected chi connectivity index (χ2v) is 4.65. The van der Waals surface area contributed by atoms with Crippen LogP contribution in [0.3, 0.4) is 0 Å². The second kappa shape index (κ2) is 9.32. The highest BCUT2D eigenvalue weighted by Gasteiger charge is 1.94. The molecular formula is C14H22ClNO. The largest absolute Gasteiger partial charge is 0.494 e. The highest BCUT2D eigenvalue weighted by molar-refractivity contribution is 6.30. The maximum absolute atomic E-state index is 5.79. The van der Waals surface area contributed by atoms with Crippen LogP contribution in [0.4, 0.5) is 0 Å². The molecule has 0 aliphatic carbocycles. The Balaban J connectivity index is 1.95. The summed E-state index contributed by atoms with van der Waals surface area (Å²) in [5.74, 6) is 0.900. The number of nitrogens with two attached hydrogens (primary N) is 1. The van der Waals surface area contributed by atoms with Crippen molar-refractivity contribution < 1.29 is 4.74 Å². The van der Waals surface area contributed by atoms with Crippen LogP contribution in [0.15, 0.2) is 24.3 Å². The van der Waals surface area contributed by atoms with Crippen molar-refractivity contribution in [2.24, 2.45) is 5.73 Å². The third kappa shape index (κ3) is 7.24. The van der Waals surface area contributed by atoms with Gasteiger partial charge in [-0.3, -0.25) is 0 Å². The maximum Gasteiger partial charge on any atom is 0.119 e. The molecule has 0 unspecified atom stereocenters. The molecule has 96 valence electrons. The molecule has 0 saturated heterocycles. The van der Waals surface area contributed by atoms with Crippen LogP contribution in [0, 0.1) is 0 Å². The van der Waals surface area contributed by atoms with Crippen LogP contribution in [0.2, 0.25) is 5.02 Å². The van der Waals surface area contributed by atoms with Crippen molar-refractivity contribution in [1.29, 1.82) is 0 Å². The van der Waals surface area contributed by atoms with E-state index in [1.807, 2.05) is 24.3 Å². The first kappa shape index (κ1) is 14.3. The van der Waals surface area contributed by atoms with Crippen molar-refractivity contribution in [3.05, 3.63) is 29.3 Å². The maximum atomic E-state index is 5.79. The number of unbranched alkanes of at least 4 members (excludes halogenated alkanes) is 5. The van der Waals surface area contributed by atoms with Gasteiger partial charge in [-0.2, -0.15) is 0 Å². The molecule has 0 spiro atoms. The second-order valence-electron chi connectivity index (χ2n) is 4.21. The molecule has 2 N–H and O–H groups in total. The summed E-state index contributed by atoms with van der Waals surface area (Å²) in [5, 5.41) is 0.747. The van der Waals surface area contributed by atoms with Gasteiger partial charge >= 0.3 is 0 Å². The van der Waals surface area contributed by atoms with Crippen LogP contribution >= 0.6 is 11.6 Å². The van der Waals surface area contributed by atoms with Gasteiger partial charge in [0.1, 0.15) is 5.75 Å². The number of hydrogen-bond acceptors (Lipinski definition) is 2. The average molecular weight is 256 g/mol. The van der Waals surface area contributed by atoms with Gasteiger partial charge in [-0.15, -0.1) is 0 Å². The Morgan fingerprint density at radius 1 is 0.882 bits per heavy atom. The lowest BCUT2D eigenvalue weighted by Crippen LogP contribution is -1.98. The minimum absolute atomic E-state index is 0.747. The van der Waals surface area contributed by atoms with Crippen molar-refractivity contribution in [2.75, 3.05) is 13.2 Å². The van der Waals surface area contributed by atoms with Crippen molar-refractivity contribution in [3.63, 3.8) is 0 Å². The summed E-state index contributed by atoms with van der Waals surface area (Å²) in [5.41, 5.74) is 5.44. The van der Waals surface area contributed by atoms with Gasteiger partial charge in [0, 0.05) is 5.02 Å². The topological polar surface area (TPSA) is 35.2 Å². The number of hydrogen-bond donors (Lipinski definition) is 1. The van der Waals surface area contributed by atoms with E-state index in [0.29, 0.717) is 0 Å². The van der Waals surface area contributed by atoms with Crippen LogP contribution in [0.1, 0.15) is 38.5 Å². The van der Waals surface area contributed by atoms with Crippen molar-refractivity contribution in [1.82, 2.24) is 0 Å². The van der Waals surface area contributed by atoms with Crippen molar-refractivity contribution in [3.8, 4) is 5.75 Å². The molecule has 0 aliphatic heterocycles. The van der Waals surface area contributed by atoms with E-state index in [1.165, 1.54) is 25.7 Å². The molecule has 0 atom stereocenters. The van der Waals surface area contributed by atoms with Gasteiger partial charge in [-0.25, -0.2) is 0 Å². The van der Waals surface area contributed by atoms with Crippen LogP contribution in [-0.2, 0) is 0 Å². The van der Waals surface area contributed by atoms with Crippen LogP contribution in [0.25, 0.3) is 0 Å². The molecule has 0 amide bonds. The lowest BCUT2D eigenvalue weighted by atomic mass is 10.1. The zero-order chi connectivity index (χ0) is 12.3. The van der Waals surface area contributed by atoms with E-state index in [4.69, 9.17) is 22.1 Å². The number of rotatable bonds is 9. The molecule has 2 nitrogen and oxygen atoms in total. The molecule has 0 saturated carbocycles. The first-order valence-corrected chi connectivity index (χ1v) is 6.79. The van der Waals surface area contributed by atoms with Gasteiger partial charge in [0.15, 0.2) is 0 Å². The summed E-state index contributed by atoms with van der Waals surface area (Å²) in [6, 6.07) is 7.51. The van der Waals surface area contributed by atoms with E-state index in [-0.39, 0.29) is 0 Å². The Hall–Kier alpha value is -0.730. The smallest absolute Gasteiger partial charge is 0.119 e. The van der Waals surface area contributed by atoms with Crippen molar-refractivity contribution in [2.45, 2.75) is 38.5 Å². The van der Waals surface area contributed by atoms with Gasteiger partial charge < -0.3 is 10.5 Å². The molecule has 0 heterocycles. The lowest BCUT2D eigenvalue weighted by molar-refractivity contribution is 0.304.